The highest BCUT2D eigenvalue weighted by Gasteiger charge is 2.12. The molecule has 0 saturated heterocycles. The number of amides is 1. The Kier molecular flexibility index (Phi) is 5.30. The van der Waals surface area contributed by atoms with Crippen LogP contribution in [0.5, 0.6) is 0 Å². The third-order valence-corrected chi connectivity index (χ3v) is 4.04. The summed E-state index contributed by atoms with van der Waals surface area (Å²) in [7, 11) is 0. The van der Waals surface area contributed by atoms with Gasteiger partial charge in [-0.2, -0.15) is 0 Å². The monoisotopic (exact) mass is 364 g/mol. The van der Waals surface area contributed by atoms with Gasteiger partial charge in [0.1, 0.15) is 11.6 Å². The van der Waals surface area contributed by atoms with E-state index in [0.29, 0.717) is 11.4 Å². The summed E-state index contributed by atoms with van der Waals surface area (Å²) in [5, 5.41) is 2.57. The van der Waals surface area contributed by atoms with Crippen molar-refractivity contribution in [2.75, 3.05) is 11.9 Å². The Morgan fingerprint density at radius 3 is 2.41 bits per heavy atom. The van der Waals surface area contributed by atoms with Gasteiger partial charge < -0.3 is 15.0 Å². The lowest BCUT2D eigenvalue weighted by atomic mass is 10.1. The van der Waals surface area contributed by atoms with Crippen LogP contribution < -0.4 is 5.32 Å². The molecule has 1 aromatic carbocycles. The molecule has 0 aliphatic rings. The SMILES string of the molecule is Cc1ccc(NC(=O)COC(=O)c2ccc(-c3nc(C)c(C)[nH]3)cc2)nc1. The highest BCUT2D eigenvalue weighted by molar-refractivity contribution is 5.95. The Morgan fingerprint density at radius 1 is 1.07 bits per heavy atom. The van der Waals surface area contributed by atoms with Crippen molar-refractivity contribution in [1.29, 1.82) is 0 Å². The molecule has 2 aromatic heterocycles. The quantitative estimate of drug-likeness (QED) is 0.678. The standard InChI is InChI=1S/C20H20N4O3/c1-12-4-9-17(21-10-12)24-18(25)11-27-20(26)16-7-5-15(6-8-16)19-22-13(2)14(3)23-19/h4-10H,11H2,1-3H3,(H,22,23)(H,21,24,25). The van der Waals surface area contributed by atoms with E-state index in [1.807, 2.05) is 26.8 Å². The van der Waals surface area contributed by atoms with Crippen LogP contribution >= 0.6 is 0 Å². The van der Waals surface area contributed by atoms with Gasteiger partial charge in [-0.05, 0) is 44.5 Å². The zero-order valence-electron chi connectivity index (χ0n) is 15.4. The van der Waals surface area contributed by atoms with Crippen molar-refractivity contribution in [2.24, 2.45) is 0 Å². The number of pyridine rings is 1. The van der Waals surface area contributed by atoms with Crippen LogP contribution in [-0.2, 0) is 9.53 Å². The second-order valence-electron chi connectivity index (χ2n) is 6.22. The second-order valence-corrected chi connectivity index (χ2v) is 6.22. The Labute approximate surface area is 156 Å². The summed E-state index contributed by atoms with van der Waals surface area (Å²) in [6.07, 6.45) is 1.64. The van der Waals surface area contributed by atoms with Crippen molar-refractivity contribution < 1.29 is 14.3 Å². The largest absolute Gasteiger partial charge is 0.452 e. The van der Waals surface area contributed by atoms with Crippen LogP contribution in [0.25, 0.3) is 11.4 Å². The first-order valence-corrected chi connectivity index (χ1v) is 8.45. The highest BCUT2D eigenvalue weighted by atomic mass is 16.5. The molecule has 7 nitrogen and oxygen atoms in total. The average Bonchev–Trinajstić information content (AvgIpc) is 3.00. The molecule has 0 fully saturated rings. The molecule has 7 heteroatoms. The molecule has 138 valence electrons. The van der Waals surface area contributed by atoms with Crippen molar-refractivity contribution in [2.45, 2.75) is 20.8 Å². The minimum Gasteiger partial charge on any atom is -0.452 e. The van der Waals surface area contributed by atoms with Crippen LogP contribution in [0.4, 0.5) is 5.82 Å². The van der Waals surface area contributed by atoms with Crippen molar-refractivity contribution >= 4 is 17.7 Å². The van der Waals surface area contributed by atoms with E-state index in [-0.39, 0.29) is 6.61 Å². The maximum Gasteiger partial charge on any atom is 0.338 e. The minimum absolute atomic E-state index is 0.361. The summed E-state index contributed by atoms with van der Waals surface area (Å²) in [6, 6.07) is 10.4. The van der Waals surface area contributed by atoms with Gasteiger partial charge in [0.15, 0.2) is 6.61 Å². The summed E-state index contributed by atoms with van der Waals surface area (Å²) in [4.78, 5) is 35.7. The summed E-state index contributed by atoms with van der Waals surface area (Å²) in [5.74, 6) is 0.142. The lowest BCUT2D eigenvalue weighted by Gasteiger charge is -2.06. The molecule has 0 radical (unpaired) electrons. The number of anilines is 1. The fraction of sp³-hybridized carbons (Fsp3) is 0.200. The molecule has 0 atom stereocenters. The van der Waals surface area contributed by atoms with Gasteiger partial charge in [-0.1, -0.05) is 18.2 Å². The van der Waals surface area contributed by atoms with E-state index >= 15 is 0 Å². The number of imidazole rings is 1. The first kappa shape index (κ1) is 18.3. The number of aryl methyl sites for hydroxylation is 3. The molecule has 3 aromatic rings. The molecule has 0 aliphatic carbocycles. The number of rotatable bonds is 5. The van der Waals surface area contributed by atoms with Gasteiger partial charge in [0.2, 0.25) is 0 Å². The van der Waals surface area contributed by atoms with E-state index in [9.17, 15) is 9.59 Å². The predicted octanol–water partition coefficient (Wildman–Crippen LogP) is 3.19. The van der Waals surface area contributed by atoms with Crippen molar-refractivity contribution in [3.63, 3.8) is 0 Å². The van der Waals surface area contributed by atoms with E-state index in [4.69, 9.17) is 4.74 Å². The Bertz CT molecular complexity index is 940. The molecule has 1 amide bonds. The number of esters is 1. The lowest BCUT2D eigenvalue weighted by molar-refractivity contribution is -0.119. The van der Waals surface area contributed by atoms with Gasteiger partial charge in [-0.25, -0.2) is 14.8 Å². The first-order valence-electron chi connectivity index (χ1n) is 8.45. The summed E-state index contributed by atoms with van der Waals surface area (Å²) in [5.41, 5.74) is 4.15. The molecule has 2 heterocycles. The van der Waals surface area contributed by atoms with E-state index in [1.165, 1.54) is 0 Å². The fourth-order valence-electron chi connectivity index (χ4n) is 2.38. The number of carbonyl (C=O) groups is 2. The topological polar surface area (TPSA) is 97.0 Å². The number of aromatic amines is 1. The molecule has 0 saturated carbocycles. The van der Waals surface area contributed by atoms with Gasteiger partial charge in [-0.15, -0.1) is 0 Å². The van der Waals surface area contributed by atoms with Crippen LogP contribution in [0.2, 0.25) is 0 Å². The fourth-order valence-corrected chi connectivity index (χ4v) is 2.38. The summed E-state index contributed by atoms with van der Waals surface area (Å²) >= 11 is 0. The Morgan fingerprint density at radius 2 is 1.81 bits per heavy atom. The van der Waals surface area contributed by atoms with Gasteiger partial charge in [0, 0.05) is 17.5 Å². The number of H-pyrrole nitrogens is 1. The van der Waals surface area contributed by atoms with E-state index in [2.05, 4.69) is 20.3 Å². The summed E-state index contributed by atoms with van der Waals surface area (Å²) in [6.45, 7) is 5.40. The number of carbonyl (C=O) groups excluding carboxylic acids is 2. The maximum atomic E-state index is 12.1. The van der Waals surface area contributed by atoms with Crippen LogP contribution in [0.3, 0.4) is 0 Å². The van der Waals surface area contributed by atoms with Crippen molar-refractivity contribution in [3.8, 4) is 11.4 Å². The van der Waals surface area contributed by atoms with E-state index in [1.54, 1.807) is 36.5 Å². The van der Waals surface area contributed by atoms with Crippen LogP contribution in [0.1, 0.15) is 27.3 Å². The summed E-state index contributed by atoms with van der Waals surface area (Å²) < 4.78 is 5.05. The van der Waals surface area contributed by atoms with E-state index < -0.39 is 11.9 Å². The third-order valence-electron chi connectivity index (χ3n) is 4.04. The third kappa shape index (κ3) is 4.58. The van der Waals surface area contributed by atoms with Gasteiger partial charge in [-0.3, -0.25) is 4.79 Å². The first-order chi connectivity index (χ1) is 12.9. The molecule has 2 N–H and O–H groups in total. The van der Waals surface area contributed by atoms with Crippen LogP contribution in [0, 0.1) is 20.8 Å². The zero-order valence-corrected chi connectivity index (χ0v) is 15.4. The number of hydrogen-bond donors (Lipinski definition) is 2. The van der Waals surface area contributed by atoms with Crippen LogP contribution in [-0.4, -0.2) is 33.4 Å². The predicted molar refractivity (Wildman–Crippen MR) is 101 cm³/mol. The molecular formula is C20H20N4O3. The molecular weight excluding hydrogens is 344 g/mol. The highest BCUT2D eigenvalue weighted by Crippen LogP contribution is 2.18. The lowest BCUT2D eigenvalue weighted by Crippen LogP contribution is -2.21. The molecule has 0 aliphatic heterocycles. The van der Waals surface area contributed by atoms with Gasteiger partial charge in [0.05, 0.1) is 11.3 Å². The number of nitrogens with zero attached hydrogens (tertiary/aromatic N) is 2. The average molecular weight is 364 g/mol. The number of hydrogen-bond acceptors (Lipinski definition) is 5. The normalized spacial score (nSPS) is 10.5. The molecule has 0 spiro atoms. The molecule has 0 unspecified atom stereocenters. The molecule has 3 rings (SSSR count). The van der Waals surface area contributed by atoms with Crippen molar-refractivity contribution in [3.05, 3.63) is 65.1 Å². The zero-order chi connectivity index (χ0) is 19.4. The molecule has 0 bridgehead atoms. The number of aromatic nitrogens is 3. The number of ether oxygens (including phenoxy) is 1. The number of nitrogens with one attached hydrogen (secondary N) is 2. The maximum absolute atomic E-state index is 12.1. The van der Waals surface area contributed by atoms with Gasteiger partial charge >= 0.3 is 5.97 Å². The van der Waals surface area contributed by atoms with Gasteiger partial charge in [0.25, 0.3) is 5.91 Å². The second kappa shape index (κ2) is 7.82. The molecule has 27 heavy (non-hydrogen) atoms. The Balaban J connectivity index is 1.56. The van der Waals surface area contributed by atoms with Crippen LogP contribution in [0.15, 0.2) is 42.6 Å². The van der Waals surface area contributed by atoms with Crippen molar-refractivity contribution in [1.82, 2.24) is 15.0 Å². The number of benzene rings is 1. The Hall–Kier alpha value is -3.48. The minimum atomic E-state index is -0.569. The van der Waals surface area contributed by atoms with E-state index in [0.717, 1.165) is 28.3 Å². The smallest absolute Gasteiger partial charge is 0.338 e.